The van der Waals surface area contributed by atoms with E-state index in [1.54, 1.807) is 48.5 Å². The quantitative estimate of drug-likeness (QED) is 0.154. The smallest absolute Gasteiger partial charge is 0.338 e. The van der Waals surface area contributed by atoms with Crippen LogP contribution in [-0.4, -0.2) is 37.4 Å². The predicted molar refractivity (Wildman–Crippen MR) is 147 cm³/mol. The minimum atomic E-state index is -0.452. The predicted octanol–water partition coefficient (Wildman–Crippen LogP) is 5.72. The molecule has 1 aliphatic rings. The number of ether oxygens (including phenoxy) is 3. The average molecular weight is 509 g/mol. The van der Waals surface area contributed by atoms with Crippen LogP contribution >= 0.6 is 0 Å². The van der Waals surface area contributed by atoms with Crippen LogP contribution in [0.2, 0.25) is 0 Å². The van der Waals surface area contributed by atoms with Crippen LogP contribution in [0.4, 0.5) is 11.4 Å². The number of benzene rings is 2. The second kappa shape index (κ2) is 15.1. The highest BCUT2D eigenvalue weighted by Crippen LogP contribution is 2.25. The van der Waals surface area contributed by atoms with E-state index in [0.29, 0.717) is 23.4 Å². The molecule has 2 aromatic rings. The monoisotopic (exact) mass is 508 g/mol. The zero-order valence-electron chi connectivity index (χ0n) is 21.8. The van der Waals surface area contributed by atoms with Gasteiger partial charge in [-0.3, -0.25) is 0 Å². The van der Waals surface area contributed by atoms with Crippen LogP contribution in [0.3, 0.4) is 0 Å². The molecule has 0 aliphatic heterocycles. The van der Waals surface area contributed by atoms with Crippen LogP contribution in [0.1, 0.15) is 79.8 Å². The van der Waals surface area contributed by atoms with E-state index < -0.39 is 5.97 Å². The lowest BCUT2D eigenvalue weighted by Gasteiger charge is -2.28. The summed E-state index contributed by atoms with van der Waals surface area (Å²) in [5.41, 5.74) is 15.0. The molecule has 37 heavy (non-hydrogen) atoms. The fourth-order valence-corrected chi connectivity index (χ4v) is 4.36. The largest absolute Gasteiger partial charge is 0.462 e. The Balaban J connectivity index is 1.35. The molecule has 0 saturated heterocycles. The molecule has 1 aliphatic carbocycles. The van der Waals surface area contributed by atoms with Crippen LogP contribution < -0.4 is 11.5 Å². The Morgan fingerprint density at radius 2 is 1.65 bits per heavy atom. The Kier molecular flexibility index (Phi) is 11.5. The van der Waals surface area contributed by atoms with Crippen molar-refractivity contribution in [2.45, 2.75) is 76.9 Å². The fourth-order valence-electron chi connectivity index (χ4n) is 4.36. The number of esters is 2. The van der Waals surface area contributed by atoms with Gasteiger partial charge in [0.25, 0.3) is 0 Å². The maximum atomic E-state index is 12.6. The van der Waals surface area contributed by atoms with Gasteiger partial charge in [-0.1, -0.05) is 38.3 Å². The zero-order chi connectivity index (χ0) is 26.5. The SMILES string of the molecule is CCCCCCOC1CCC(OC(=O)c2ccc(C=CC(=O)OCCc3cc(N)ccc3N)cc2)CC1. The number of carbonyl (C=O) groups excluding carboxylic acids is 2. The molecular weight excluding hydrogens is 468 g/mol. The number of carbonyl (C=O) groups is 2. The van der Waals surface area contributed by atoms with Gasteiger partial charge in [0.2, 0.25) is 0 Å². The van der Waals surface area contributed by atoms with E-state index in [1.807, 2.05) is 0 Å². The number of nitrogen functional groups attached to an aromatic ring is 2. The maximum Gasteiger partial charge on any atom is 0.338 e. The Bertz CT molecular complexity index is 1030. The molecule has 7 heteroatoms. The molecule has 0 unspecified atom stereocenters. The summed E-state index contributed by atoms with van der Waals surface area (Å²) in [7, 11) is 0. The van der Waals surface area contributed by atoms with Gasteiger partial charge in [-0.2, -0.15) is 0 Å². The number of hydrogen-bond donors (Lipinski definition) is 2. The lowest BCUT2D eigenvalue weighted by molar-refractivity contribution is -0.137. The number of rotatable bonds is 13. The average Bonchev–Trinajstić information content (AvgIpc) is 2.90. The summed E-state index contributed by atoms with van der Waals surface area (Å²) in [6, 6.07) is 12.2. The van der Waals surface area contributed by atoms with E-state index in [9.17, 15) is 9.59 Å². The third-order valence-corrected chi connectivity index (χ3v) is 6.59. The summed E-state index contributed by atoms with van der Waals surface area (Å²) >= 11 is 0. The molecule has 0 spiro atoms. The molecular formula is C30H40N2O5. The third kappa shape index (κ3) is 9.92. The molecule has 0 atom stereocenters. The van der Waals surface area contributed by atoms with E-state index in [1.165, 1.54) is 25.3 Å². The highest BCUT2D eigenvalue weighted by molar-refractivity contribution is 5.90. The topological polar surface area (TPSA) is 114 Å². The van der Waals surface area contributed by atoms with Crippen molar-refractivity contribution < 1.29 is 23.8 Å². The third-order valence-electron chi connectivity index (χ3n) is 6.59. The van der Waals surface area contributed by atoms with Crippen molar-refractivity contribution in [3.63, 3.8) is 0 Å². The molecule has 1 saturated carbocycles. The Labute approximate surface area is 220 Å². The van der Waals surface area contributed by atoms with Crippen LogP contribution in [-0.2, 0) is 25.4 Å². The van der Waals surface area contributed by atoms with Crippen LogP contribution in [0.25, 0.3) is 6.08 Å². The summed E-state index contributed by atoms with van der Waals surface area (Å²) in [6.07, 6.45) is 12.1. The van der Waals surface area contributed by atoms with Crippen molar-refractivity contribution in [3.05, 3.63) is 65.2 Å². The van der Waals surface area contributed by atoms with Gasteiger partial charge in [-0.05, 0) is 79.6 Å². The first-order valence-corrected chi connectivity index (χ1v) is 13.4. The van der Waals surface area contributed by atoms with Crippen molar-refractivity contribution in [3.8, 4) is 0 Å². The number of hydrogen-bond acceptors (Lipinski definition) is 7. The Hall–Kier alpha value is -3.32. The molecule has 0 bridgehead atoms. The van der Waals surface area contributed by atoms with Gasteiger partial charge in [0.15, 0.2) is 0 Å². The maximum absolute atomic E-state index is 12.6. The highest BCUT2D eigenvalue weighted by Gasteiger charge is 2.24. The molecule has 4 N–H and O–H groups in total. The van der Waals surface area contributed by atoms with E-state index in [-0.39, 0.29) is 24.8 Å². The normalized spacial score (nSPS) is 17.5. The number of unbranched alkanes of at least 4 members (excludes halogenated alkanes) is 3. The van der Waals surface area contributed by atoms with E-state index in [0.717, 1.165) is 49.8 Å². The molecule has 0 amide bonds. The van der Waals surface area contributed by atoms with Crippen LogP contribution in [0, 0.1) is 0 Å². The Morgan fingerprint density at radius 1 is 0.919 bits per heavy atom. The Morgan fingerprint density at radius 3 is 2.38 bits per heavy atom. The first kappa shape index (κ1) is 28.3. The first-order chi connectivity index (χ1) is 17.9. The molecule has 0 radical (unpaired) electrons. The molecule has 200 valence electrons. The first-order valence-electron chi connectivity index (χ1n) is 13.4. The van der Waals surface area contributed by atoms with Gasteiger partial charge in [0.1, 0.15) is 6.10 Å². The van der Waals surface area contributed by atoms with Crippen molar-refractivity contribution in [2.75, 3.05) is 24.7 Å². The lowest BCUT2D eigenvalue weighted by atomic mass is 9.95. The van der Waals surface area contributed by atoms with Crippen molar-refractivity contribution in [1.82, 2.24) is 0 Å². The summed E-state index contributed by atoms with van der Waals surface area (Å²) in [5, 5.41) is 0. The van der Waals surface area contributed by atoms with Gasteiger partial charge in [-0.15, -0.1) is 0 Å². The van der Waals surface area contributed by atoms with E-state index in [4.69, 9.17) is 25.7 Å². The molecule has 1 fully saturated rings. The summed E-state index contributed by atoms with van der Waals surface area (Å²) < 4.78 is 16.9. The minimum absolute atomic E-state index is 0.0653. The van der Waals surface area contributed by atoms with E-state index >= 15 is 0 Å². The van der Waals surface area contributed by atoms with Crippen molar-refractivity contribution >= 4 is 29.4 Å². The summed E-state index contributed by atoms with van der Waals surface area (Å²) in [6.45, 7) is 3.23. The highest BCUT2D eigenvalue weighted by atomic mass is 16.5. The molecule has 2 aromatic carbocycles. The fraction of sp³-hybridized carbons (Fsp3) is 0.467. The molecule has 0 heterocycles. The van der Waals surface area contributed by atoms with Crippen LogP contribution in [0.5, 0.6) is 0 Å². The van der Waals surface area contributed by atoms with Gasteiger partial charge in [-0.25, -0.2) is 9.59 Å². The second-order valence-corrected chi connectivity index (χ2v) is 9.57. The molecule has 3 rings (SSSR count). The molecule has 0 aromatic heterocycles. The van der Waals surface area contributed by atoms with Gasteiger partial charge >= 0.3 is 11.9 Å². The lowest BCUT2D eigenvalue weighted by Crippen LogP contribution is -2.28. The molecule has 7 nitrogen and oxygen atoms in total. The standard InChI is InChI=1S/C30H40N2O5/c1-2-3-4-5-19-35-26-12-14-27(15-13-26)37-30(34)23-9-6-22(7-10-23)8-17-29(33)36-20-18-24-21-25(31)11-16-28(24)32/h6-11,16-17,21,26-27H,2-5,12-15,18-20,31-32H2,1H3. The van der Waals surface area contributed by atoms with Crippen LogP contribution in [0.15, 0.2) is 48.5 Å². The van der Waals surface area contributed by atoms with E-state index in [2.05, 4.69) is 6.92 Å². The van der Waals surface area contributed by atoms with Crippen molar-refractivity contribution in [2.24, 2.45) is 0 Å². The van der Waals surface area contributed by atoms with Crippen molar-refractivity contribution in [1.29, 1.82) is 0 Å². The summed E-state index contributed by atoms with van der Waals surface area (Å²) in [4.78, 5) is 24.6. The van der Waals surface area contributed by atoms with Gasteiger partial charge in [0.05, 0.1) is 18.3 Å². The summed E-state index contributed by atoms with van der Waals surface area (Å²) in [5.74, 6) is -0.772. The number of nitrogens with two attached hydrogens (primary N) is 2. The van der Waals surface area contributed by atoms with Gasteiger partial charge in [0, 0.05) is 30.5 Å². The number of anilines is 2. The minimum Gasteiger partial charge on any atom is -0.462 e. The zero-order valence-corrected chi connectivity index (χ0v) is 21.8. The van der Waals surface area contributed by atoms with Gasteiger partial charge < -0.3 is 25.7 Å². The second-order valence-electron chi connectivity index (χ2n) is 9.57.